The van der Waals surface area contributed by atoms with Crippen LogP contribution in [0.3, 0.4) is 0 Å². The summed E-state index contributed by atoms with van der Waals surface area (Å²) in [5.74, 6) is 1.35. The highest BCUT2D eigenvalue weighted by Crippen LogP contribution is 2.37. The highest BCUT2D eigenvalue weighted by molar-refractivity contribution is 7.20. The Kier molecular flexibility index (Phi) is 4.82. The summed E-state index contributed by atoms with van der Waals surface area (Å²) >= 11 is 1.39. The Hall–Kier alpha value is -2.48. The van der Waals surface area contributed by atoms with Crippen LogP contribution < -0.4 is 4.90 Å². The van der Waals surface area contributed by atoms with Crippen molar-refractivity contribution in [3.63, 3.8) is 0 Å². The van der Waals surface area contributed by atoms with E-state index in [0.717, 1.165) is 53.4 Å². The smallest absolute Gasteiger partial charge is 0.348 e. The normalized spacial score (nSPS) is 17.4. The van der Waals surface area contributed by atoms with Gasteiger partial charge in [-0.1, -0.05) is 0 Å². The van der Waals surface area contributed by atoms with Gasteiger partial charge in [-0.15, -0.1) is 11.3 Å². The van der Waals surface area contributed by atoms with Gasteiger partial charge in [0.2, 0.25) is 0 Å². The minimum absolute atomic E-state index is 0.283. The molecular weight excluding hydrogens is 362 g/mol. The van der Waals surface area contributed by atoms with E-state index in [4.69, 9.17) is 9.72 Å². The largest absolute Gasteiger partial charge is 0.462 e. The molecule has 1 atom stereocenters. The van der Waals surface area contributed by atoms with Crippen LogP contribution in [0.5, 0.6) is 0 Å². The third-order valence-electron chi connectivity index (χ3n) is 4.94. The second kappa shape index (κ2) is 7.26. The summed E-state index contributed by atoms with van der Waals surface area (Å²) < 4.78 is 7.25. The average Bonchev–Trinajstić information content (AvgIpc) is 3.30. The fourth-order valence-corrected chi connectivity index (χ4v) is 4.82. The fraction of sp³-hybridized carbons (Fsp3) is 0.474. The molecule has 0 amide bonds. The molecule has 7 nitrogen and oxygen atoms in total. The zero-order chi connectivity index (χ0) is 19.0. The van der Waals surface area contributed by atoms with E-state index in [2.05, 4.69) is 15.0 Å². The van der Waals surface area contributed by atoms with Gasteiger partial charge in [0.1, 0.15) is 21.3 Å². The first kappa shape index (κ1) is 17.9. The van der Waals surface area contributed by atoms with E-state index in [1.807, 2.05) is 43.9 Å². The number of piperidine rings is 1. The number of esters is 1. The summed E-state index contributed by atoms with van der Waals surface area (Å²) in [6, 6.07) is 2.28. The van der Waals surface area contributed by atoms with Gasteiger partial charge in [0.15, 0.2) is 0 Å². The predicted molar refractivity (Wildman–Crippen MR) is 106 cm³/mol. The Balaban J connectivity index is 1.75. The van der Waals surface area contributed by atoms with E-state index in [0.29, 0.717) is 17.5 Å². The summed E-state index contributed by atoms with van der Waals surface area (Å²) in [7, 11) is 0. The molecule has 0 aliphatic carbocycles. The van der Waals surface area contributed by atoms with Crippen molar-refractivity contribution >= 4 is 33.3 Å². The van der Waals surface area contributed by atoms with Crippen molar-refractivity contribution in [2.75, 3.05) is 24.6 Å². The molecule has 4 heterocycles. The molecule has 3 aromatic rings. The number of nitrogens with zero attached hydrogens (tertiary/aromatic N) is 5. The number of aromatic nitrogens is 4. The monoisotopic (exact) mass is 385 g/mol. The second-order valence-corrected chi connectivity index (χ2v) is 7.78. The molecule has 1 saturated heterocycles. The van der Waals surface area contributed by atoms with E-state index in [1.54, 1.807) is 0 Å². The van der Waals surface area contributed by atoms with Crippen LogP contribution in [0.25, 0.3) is 10.2 Å². The number of rotatable bonds is 4. The maximum Gasteiger partial charge on any atom is 0.348 e. The first-order valence-corrected chi connectivity index (χ1v) is 10.1. The number of hydrogen-bond donors (Lipinski definition) is 0. The number of carbonyl (C=O) groups is 1. The lowest BCUT2D eigenvalue weighted by atomic mass is 10.1. The zero-order valence-corrected chi connectivity index (χ0v) is 16.6. The highest BCUT2D eigenvalue weighted by Gasteiger charge is 2.27. The molecule has 27 heavy (non-hydrogen) atoms. The number of aryl methyl sites for hydroxylation is 2. The molecule has 4 rings (SSSR count). The van der Waals surface area contributed by atoms with E-state index < -0.39 is 0 Å². The average molecular weight is 385 g/mol. The van der Waals surface area contributed by atoms with Crippen molar-refractivity contribution < 1.29 is 9.53 Å². The Morgan fingerprint density at radius 2 is 2.22 bits per heavy atom. The summed E-state index contributed by atoms with van der Waals surface area (Å²) in [6.07, 6.45) is 6.01. The molecule has 3 aromatic heterocycles. The van der Waals surface area contributed by atoms with Gasteiger partial charge in [0.05, 0.1) is 18.0 Å². The third kappa shape index (κ3) is 3.29. The van der Waals surface area contributed by atoms with Gasteiger partial charge in [-0.2, -0.15) is 5.10 Å². The Bertz CT molecular complexity index is 966. The van der Waals surface area contributed by atoms with Crippen LogP contribution in [0.2, 0.25) is 0 Å². The fourth-order valence-electron chi connectivity index (χ4n) is 3.70. The van der Waals surface area contributed by atoms with Gasteiger partial charge in [-0.25, -0.2) is 14.8 Å². The molecule has 1 aliphatic heterocycles. The number of carbonyl (C=O) groups excluding carboxylic acids is 1. The summed E-state index contributed by atoms with van der Waals surface area (Å²) in [5.41, 5.74) is 0.907. The van der Waals surface area contributed by atoms with Gasteiger partial charge in [0, 0.05) is 25.5 Å². The van der Waals surface area contributed by atoms with Crippen LogP contribution in [0.4, 0.5) is 5.82 Å². The summed E-state index contributed by atoms with van der Waals surface area (Å²) in [6.45, 7) is 7.82. The van der Waals surface area contributed by atoms with Crippen LogP contribution in [-0.4, -0.2) is 45.4 Å². The molecule has 0 N–H and O–H groups in total. The van der Waals surface area contributed by atoms with E-state index >= 15 is 0 Å². The van der Waals surface area contributed by atoms with Crippen molar-refractivity contribution in [1.82, 2.24) is 19.7 Å². The van der Waals surface area contributed by atoms with Gasteiger partial charge >= 0.3 is 5.97 Å². The van der Waals surface area contributed by atoms with Gasteiger partial charge in [-0.05, 0) is 45.2 Å². The van der Waals surface area contributed by atoms with Crippen LogP contribution >= 0.6 is 11.3 Å². The number of ether oxygens (including phenoxy) is 1. The number of fused-ring (bicyclic) bond motifs is 1. The van der Waals surface area contributed by atoms with E-state index in [-0.39, 0.29) is 5.97 Å². The quantitative estimate of drug-likeness (QED) is 0.640. The van der Waals surface area contributed by atoms with Crippen molar-refractivity contribution in [3.05, 3.63) is 34.7 Å². The van der Waals surface area contributed by atoms with Gasteiger partial charge in [0.25, 0.3) is 0 Å². The Labute approximate surface area is 162 Å². The molecule has 142 valence electrons. The molecular formula is C19H23N5O2S. The first-order valence-electron chi connectivity index (χ1n) is 9.27. The Morgan fingerprint density at radius 3 is 2.96 bits per heavy atom. The van der Waals surface area contributed by atoms with Crippen molar-refractivity contribution in [2.45, 2.75) is 39.7 Å². The SMILES string of the molecule is CCOC(=O)c1sc2nc(C)nc(N3CCCC(n4cccn4)C3)c2c1C. The third-order valence-corrected chi connectivity index (χ3v) is 6.10. The summed E-state index contributed by atoms with van der Waals surface area (Å²) in [4.78, 5) is 25.4. The van der Waals surface area contributed by atoms with Crippen molar-refractivity contribution in [1.29, 1.82) is 0 Å². The lowest BCUT2D eigenvalue weighted by Gasteiger charge is -2.34. The number of anilines is 1. The molecule has 0 spiro atoms. The van der Waals surface area contributed by atoms with Gasteiger partial charge in [-0.3, -0.25) is 4.68 Å². The first-order chi connectivity index (χ1) is 13.1. The number of thiophene rings is 1. The standard InChI is InChI=1S/C19H23N5O2S/c1-4-26-19(25)16-12(2)15-17(21-13(3)22-18(15)27-16)23-9-5-7-14(11-23)24-10-6-8-20-24/h6,8,10,14H,4-5,7,9,11H2,1-3H3. The number of hydrogen-bond acceptors (Lipinski definition) is 7. The highest BCUT2D eigenvalue weighted by atomic mass is 32.1. The maximum absolute atomic E-state index is 12.3. The van der Waals surface area contributed by atoms with Crippen LogP contribution in [0.1, 0.15) is 46.9 Å². The lowest BCUT2D eigenvalue weighted by molar-refractivity contribution is 0.0531. The maximum atomic E-state index is 12.3. The van der Waals surface area contributed by atoms with Crippen LogP contribution in [0.15, 0.2) is 18.5 Å². The molecule has 0 saturated carbocycles. The van der Waals surface area contributed by atoms with Gasteiger partial charge < -0.3 is 9.64 Å². The van der Waals surface area contributed by atoms with Crippen LogP contribution in [0, 0.1) is 13.8 Å². The molecule has 1 aliphatic rings. The molecule has 8 heteroatoms. The molecule has 0 radical (unpaired) electrons. The minimum Gasteiger partial charge on any atom is -0.462 e. The lowest BCUT2D eigenvalue weighted by Crippen LogP contribution is -2.37. The predicted octanol–water partition coefficient (Wildman–Crippen LogP) is 3.52. The molecule has 0 bridgehead atoms. The topological polar surface area (TPSA) is 73.1 Å². The van der Waals surface area contributed by atoms with E-state index in [1.165, 1.54) is 11.3 Å². The molecule has 1 fully saturated rings. The molecule has 1 unspecified atom stereocenters. The van der Waals surface area contributed by atoms with E-state index in [9.17, 15) is 4.79 Å². The minimum atomic E-state index is -0.283. The van der Waals surface area contributed by atoms with Crippen molar-refractivity contribution in [2.24, 2.45) is 0 Å². The zero-order valence-electron chi connectivity index (χ0n) is 15.8. The second-order valence-electron chi connectivity index (χ2n) is 6.78. The Morgan fingerprint density at radius 1 is 1.37 bits per heavy atom. The van der Waals surface area contributed by atoms with Crippen molar-refractivity contribution in [3.8, 4) is 0 Å². The summed E-state index contributed by atoms with van der Waals surface area (Å²) in [5, 5.41) is 5.38. The van der Waals surface area contributed by atoms with Crippen LogP contribution in [-0.2, 0) is 4.74 Å². The molecule has 0 aromatic carbocycles.